The molecule has 0 aliphatic carbocycles. The van der Waals surface area contributed by atoms with Crippen molar-refractivity contribution in [3.63, 3.8) is 0 Å². The summed E-state index contributed by atoms with van der Waals surface area (Å²) < 4.78 is 5.23. The van der Waals surface area contributed by atoms with Crippen LogP contribution in [0.2, 0.25) is 0 Å². The second-order valence-corrected chi connectivity index (χ2v) is 7.50. The molecule has 2 heteroatoms. The van der Waals surface area contributed by atoms with E-state index in [0.29, 0.717) is 0 Å². The van der Waals surface area contributed by atoms with Crippen LogP contribution in [0.5, 0.6) is 0 Å². The fourth-order valence-corrected chi connectivity index (χ4v) is 3.87. The Bertz CT molecular complexity index is 367. The van der Waals surface area contributed by atoms with Gasteiger partial charge in [-0.1, -0.05) is 97.8 Å². The van der Waals surface area contributed by atoms with Crippen molar-refractivity contribution >= 4 is 0 Å². The molecule has 0 N–H and O–H groups in total. The lowest BCUT2D eigenvalue weighted by molar-refractivity contribution is 0.338. The number of aromatic nitrogens is 1. The Labute approximate surface area is 150 Å². The number of rotatable bonds is 16. The van der Waals surface area contributed by atoms with Gasteiger partial charge < -0.3 is 4.42 Å². The van der Waals surface area contributed by atoms with Crippen molar-refractivity contribution in [3.8, 4) is 0 Å². The van der Waals surface area contributed by atoms with Gasteiger partial charge in [-0.3, -0.25) is 0 Å². The highest BCUT2D eigenvalue weighted by Gasteiger charge is 2.30. The van der Waals surface area contributed by atoms with Crippen LogP contribution in [0.3, 0.4) is 0 Å². The van der Waals surface area contributed by atoms with Crippen molar-refractivity contribution in [1.82, 2.24) is 4.98 Å². The Morgan fingerprint density at radius 3 is 1.67 bits per heavy atom. The van der Waals surface area contributed by atoms with E-state index in [1.165, 1.54) is 83.5 Å². The van der Waals surface area contributed by atoms with Gasteiger partial charge >= 0.3 is 0 Å². The summed E-state index contributed by atoms with van der Waals surface area (Å²) in [5.41, 5.74) is 1.40. The molecule has 0 saturated heterocycles. The molecule has 0 aliphatic heterocycles. The van der Waals surface area contributed by atoms with Crippen LogP contribution in [0.25, 0.3) is 0 Å². The van der Waals surface area contributed by atoms with Crippen LogP contribution in [-0.2, 0) is 5.41 Å². The van der Waals surface area contributed by atoms with Crippen molar-refractivity contribution < 1.29 is 4.42 Å². The highest BCUT2D eigenvalue weighted by molar-refractivity contribution is 5.11. The Kier molecular flexibility index (Phi) is 12.0. The Morgan fingerprint density at radius 2 is 1.25 bits per heavy atom. The molecule has 0 saturated carbocycles. The van der Waals surface area contributed by atoms with Gasteiger partial charge in [0.15, 0.2) is 6.39 Å². The minimum Gasteiger partial charge on any atom is -0.451 e. The predicted octanol–water partition coefficient (Wildman–Crippen LogP) is 7.82. The molecule has 0 aliphatic rings. The lowest BCUT2D eigenvalue weighted by Crippen LogP contribution is -2.24. The second-order valence-electron chi connectivity index (χ2n) is 7.50. The van der Waals surface area contributed by atoms with Crippen LogP contribution in [0.15, 0.2) is 17.1 Å². The lowest BCUT2D eigenvalue weighted by Gasteiger charge is -2.29. The Balaban J connectivity index is 2.03. The van der Waals surface area contributed by atoms with E-state index in [-0.39, 0.29) is 5.41 Å². The van der Waals surface area contributed by atoms with E-state index in [1.807, 2.05) is 6.26 Å². The minimum atomic E-state index is 0.242. The van der Waals surface area contributed by atoms with Gasteiger partial charge in [-0.25, -0.2) is 4.98 Å². The molecule has 1 heterocycles. The molecular formula is C22H41NO. The predicted molar refractivity (Wildman–Crippen MR) is 104 cm³/mol. The van der Waals surface area contributed by atoms with Crippen LogP contribution >= 0.6 is 0 Å². The molecule has 0 atom stereocenters. The monoisotopic (exact) mass is 335 g/mol. The molecule has 1 rings (SSSR count). The van der Waals surface area contributed by atoms with Gasteiger partial charge in [-0.05, 0) is 19.3 Å². The Hall–Kier alpha value is -0.790. The third kappa shape index (κ3) is 7.85. The van der Waals surface area contributed by atoms with E-state index >= 15 is 0 Å². The van der Waals surface area contributed by atoms with Gasteiger partial charge in [0.2, 0.25) is 0 Å². The van der Waals surface area contributed by atoms with Crippen LogP contribution in [0.1, 0.15) is 123 Å². The first-order valence-electron chi connectivity index (χ1n) is 10.7. The van der Waals surface area contributed by atoms with E-state index in [2.05, 4.69) is 25.8 Å². The SMILES string of the molecule is CCCCCCCCCCCCCCC(CC)(CC)c1cocn1. The fraction of sp³-hybridized carbons (Fsp3) is 0.864. The minimum absolute atomic E-state index is 0.242. The molecule has 24 heavy (non-hydrogen) atoms. The van der Waals surface area contributed by atoms with Gasteiger partial charge in [0.25, 0.3) is 0 Å². The van der Waals surface area contributed by atoms with E-state index in [1.54, 1.807) is 6.39 Å². The number of unbranched alkanes of at least 4 members (excludes halogenated alkanes) is 11. The zero-order chi connectivity index (χ0) is 17.5. The molecule has 0 fully saturated rings. The van der Waals surface area contributed by atoms with Crippen LogP contribution in [0.4, 0.5) is 0 Å². The molecule has 2 nitrogen and oxygen atoms in total. The average Bonchev–Trinajstić information content (AvgIpc) is 3.15. The van der Waals surface area contributed by atoms with Crippen LogP contribution in [0, 0.1) is 0 Å². The maximum atomic E-state index is 5.23. The van der Waals surface area contributed by atoms with Crippen molar-refractivity contribution in [2.75, 3.05) is 0 Å². The molecule has 140 valence electrons. The zero-order valence-corrected chi connectivity index (χ0v) is 16.6. The smallest absolute Gasteiger partial charge is 0.180 e. The summed E-state index contributed by atoms with van der Waals surface area (Å²) in [5, 5.41) is 0. The molecule has 1 aromatic heterocycles. The number of nitrogens with zero attached hydrogens (tertiary/aromatic N) is 1. The van der Waals surface area contributed by atoms with E-state index in [4.69, 9.17) is 4.42 Å². The maximum Gasteiger partial charge on any atom is 0.180 e. The fourth-order valence-electron chi connectivity index (χ4n) is 3.87. The van der Waals surface area contributed by atoms with Crippen molar-refractivity contribution in [2.45, 2.75) is 122 Å². The summed E-state index contributed by atoms with van der Waals surface area (Å²) in [6.07, 6.45) is 24.0. The van der Waals surface area contributed by atoms with E-state index < -0.39 is 0 Å². The number of hydrogen-bond donors (Lipinski definition) is 0. The van der Waals surface area contributed by atoms with Crippen LogP contribution < -0.4 is 0 Å². The largest absolute Gasteiger partial charge is 0.451 e. The number of oxazole rings is 1. The standard InChI is InChI=1S/C22H41NO/c1-4-7-8-9-10-11-12-13-14-15-16-17-18-22(5-2,6-3)21-19-24-20-23-21/h19-20H,4-18H2,1-3H3. The molecule has 0 spiro atoms. The van der Waals surface area contributed by atoms with Gasteiger partial charge in [-0.2, -0.15) is 0 Å². The molecule has 0 bridgehead atoms. The third-order valence-corrected chi connectivity index (χ3v) is 5.84. The second kappa shape index (κ2) is 13.5. The first kappa shape index (κ1) is 21.3. The lowest BCUT2D eigenvalue weighted by atomic mass is 9.75. The van der Waals surface area contributed by atoms with Gasteiger partial charge in [0.1, 0.15) is 6.26 Å². The summed E-state index contributed by atoms with van der Waals surface area (Å²) in [5.74, 6) is 0. The highest BCUT2D eigenvalue weighted by Crippen LogP contribution is 2.36. The quantitative estimate of drug-likeness (QED) is 0.288. The van der Waals surface area contributed by atoms with Crippen molar-refractivity contribution in [2.24, 2.45) is 0 Å². The zero-order valence-electron chi connectivity index (χ0n) is 16.6. The molecule has 0 radical (unpaired) electrons. The summed E-state index contributed by atoms with van der Waals surface area (Å²) in [4.78, 5) is 4.44. The summed E-state index contributed by atoms with van der Waals surface area (Å²) in [6, 6.07) is 0. The topological polar surface area (TPSA) is 26.0 Å². The molecular weight excluding hydrogens is 294 g/mol. The molecule has 0 aromatic carbocycles. The van der Waals surface area contributed by atoms with Gasteiger partial charge in [-0.15, -0.1) is 0 Å². The Morgan fingerprint density at radius 1 is 0.750 bits per heavy atom. The van der Waals surface area contributed by atoms with Crippen LogP contribution in [-0.4, -0.2) is 4.98 Å². The van der Waals surface area contributed by atoms with E-state index in [9.17, 15) is 0 Å². The molecule has 1 aromatic rings. The number of hydrogen-bond acceptors (Lipinski definition) is 2. The molecule has 0 unspecified atom stereocenters. The van der Waals surface area contributed by atoms with Crippen molar-refractivity contribution in [1.29, 1.82) is 0 Å². The van der Waals surface area contributed by atoms with Crippen molar-refractivity contribution in [3.05, 3.63) is 18.4 Å². The summed E-state index contributed by atoms with van der Waals surface area (Å²) >= 11 is 0. The first-order valence-corrected chi connectivity index (χ1v) is 10.7. The van der Waals surface area contributed by atoms with Gasteiger partial charge in [0.05, 0.1) is 5.69 Å². The summed E-state index contributed by atoms with van der Waals surface area (Å²) in [7, 11) is 0. The van der Waals surface area contributed by atoms with Gasteiger partial charge in [0, 0.05) is 5.41 Å². The highest BCUT2D eigenvalue weighted by atomic mass is 16.3. The summed E-state index contributed by atoms with van der Waals surface area (Å²) in [6.45, 7) is 6.87. The first-order chi connectivity index (χ1) is 11.8. The average molecular weight is 336 g/mol. The normalized spacial score (nSPS) is 12.0. The van der Waals surface area contributed by atoms with E-state index in [0.717, 1.165) is 18.5 Å². The maximum absolute atomic E-state index is 5.23. The molecule has 0 amide bonds. The third-order valence-electron chi connectivity index (χ3n) is 5.84.